The van der Waals surface area contributed by atoms with E-state index in [9.17, 15) is 38.8 Å². The standard InChI is InChI=1S/C35H45N6O9P.C23H27N5O5.C10H7Cl2O2P.C10H19NO2.ClH/c1-7-9-18-46-30-27-29(38-33(36)39-30)41(21-37-27)32-35(6,44)28(42)26(49-32)19-48-51(45,40-22(3)31(43)47-20-34(4,5)17-8-2)50-25-16-12-14-23-13-10-11-15-24(23)25;1-4-5-11-31-19-17-18(26-22(24)27-19)28(13-25-17)21-23(3,14(2)16(12-29)32-21)33-20(30)15-9-7-6-8-10-15;11-15(12,13)14-10-7-3-5-8-4-1-2-6-9(8)10;1-5-6-10(3,4)7-13-9(12)8(2)11;/h7-8,10-16,21-22,26,28,32,42,44H,1-2,9,17-20H2,3-6H3,(H,40,45)(H2,36,38,39);4,6-10,13-14,16,21,29H,1,5,11-12H2,2-3H3,(H2,24,26,27);1-7H;5,8H,1,6-7,11H2,2-4H3;1H/t22-,26?,28+,32?,35+,51?;14-,16?,21?,23-;;8-;/m01.0./s1. The molecule has 11 atom stereocenters. The Labute approximate surface area is 671 Å². The molecule has 2 aliphatic rings. The number of allylic oxidation sites excluding steroid dienone is 2. The minimum absolute atomic E-state index is 0. The fraction of sp³-hybridized carbons (Fsp3) is 0.397. The lowest BCUT2D eigenvalue weighted by molar-refractivity contribution is -0.148. The number of nitrogens with zero attached hydrogens (tertiary/aromatic N) is 8. The molecule has 0 bridgehead atoms. The van der Waals surface area contributed by atoms with Crippen LogP contribution in [0.1, 0.15) is 111 Å². The van der Waals surface area contributed by atoms with E-state index in [1.807, 2.05) is 95.3 Å². The van der Waals surface area contributed by atoms with Crippen LogP contribution in [0.5, 0.6) is 23.3 Å². The number of rotatable bonds is 32. The highest BCUT2D eigenvalue weighted by molar-refractivity contribution is 8.05. The molecule has 5 unspecified atom stereocenters. The summed E-state index contributed by atoms with van der Waals surface area (Å²) in [6.07, 6.45) is 3.49. The van der Waals surface area contributed by atoms with Gasteiger partial charge in [-0.25, -0.2) is 23.9 Å². The SMILES string of the molecule is C=CCC(C)(C)COC(=O)[C@H](C)N.C=CCCOc1nc(N)nc2c1ncn2C1OC(CO)[C@@H](C)[C@@]1(C)OC(=O)c1ccccc1.C=CCCOc1nc(N)nc2c1ncn2C1OC(COP(=O)(N[C@@H](C)C(=O)OCC(C)(C)CC=C)Oc2cccc3ccccc23)[C@@H](O)[C@@]1(C)O.Cl.O=P(Cl)(Cl)Oc1cccc2ccccc12. The Bertz CT molecular complexity index is 4850. The number of nitrogens with one attached hydrogen (secondary N) is 1. The van der Waals surface area contributed by atoms with Crippen LogP contribution in [-0.2, 0) is 46.9 Å². The van der Waals surface area contributed by atoms with Crippen LogP contribution in [-0.4, -0.2) is 154 Å². The van der Waals surface area contributed by atoms with Gasteiger partial charge in [0.05, 0.1) is 64.0 Å². The largest absolute Gasteiger partial charge is 0.476 e. The highest BCUT2D eigenvalue weighted by atomic mass is 35.9. The van der Waals surface area contributed by atoms with Gasteiger partial charge in [-0.15, -0.1) is 38.7 Å². The molecule has 2 saturated heterocycles. The molecular weight excluding hydrogens is 1560 g/mol. The van der Waals surface area contributed by atoms with Gasteiger partial charge in [0.2, 0.25) is 23.7 Å². The van der Waals surface area contributed by atoms with E-state index in [4.69, 9.17) is 86.4 Å². The Hall–Kier alpha value is -9.10. The van der Waals surface area contributed by atoms with Crippen molar-refractivity contribution in [2.45, 2.75) is 142 Å². The molecule has 4 aromatic heterocycles. The Morgan fingerprint density at radius 2 is 1.13 bits per heavy atom. The zero-order chi connectivity index (χ0) is 81.9. The summed E-state index contributed by atoms with van der Waals surface area (Å²) in [5.74, 6) is -0.934. The molecule has 11 rings (SSSR count). The number of nitrogens with two attached hydrogens (primary N) is 3. The quantitative estimate of drug-likeness (QED) is 0.00677. The number of imidazole rings is 2. The summed E-state index contributed by atoms with van der Waals surface area (Å²) in [6, 6.07) is 32.5. The monoisotopic (exact) mass is 1660 g/mol. The predicted octanol–water partition coefficient (Wildman–Crippen LogP) is 14.1. The zero-order valence-electron chi connectivity index (χ0n) is 64.3. The van der Waals surface area contributed by atoms with Crippen LogP contribution in [0.15, 0.2) is 179 Å². The summed E-state index contributed by atoms with van der Waals surface area (Å²) in [4.78, 5) is 62.7. The molecule has 0 aliphatic carbocycles. The van der Waals surface area contributed by atoms with E-state index in [1.54, 1.807) is 97.3 Å². The van der Waals surface area contributed by atoms with Crippen molar-refractivity contribution in [3.63, 3.8) is 0 Å². The van der Waals surface area contributed by atoms with Crippen molar-refractivity contribution in [3.05, 3.63) is 184 Å². The Morgan fingerprint density at radius 3 is 1.61 bits per heavy atom. The molecule has 0 spiro atoms. The predicted molar refractivity (Wildman–Crippen MR) is 436 cm³/mol. The fourth-order valence-corrected chi connectivity index (χ4v) is 14.1. The van der Waals surface area contributed by atoms with Crippen LogP contribution < -0.4 is 40.8 Å². The molecule has 0 amide bonds. The molecule has 610 valence electrons. The molecule has 0 radical (unpaired) electrons. The van der Waals surface area contributed by atoms with Gasteiger partial charge in [0, 0.05) is 50.0 Å². The number of anilines is 2. The first-order chi connectivity index (χ1) is 53.0. The molecule has 5 aromatic carbocycles. The molecule has 6 heterocycles. The van der Waals surface area contributed by atoms with Crippen molar-refractivity contribution < 1.29 is 85.6 Å². The minimum atomic E-state index is -4.42. The Morgan fingerprint density at radius 1 is 0.673 bits per heavy atom. The van der Waals surface area contributed by atoms with Crippen molar-refractivity contribution in [2.75, 3.05) is 51.1 Å². The summed E-state index contributed by atoms with van der Waals surface area (Å²) in [5, 5.41) is 38.7. The first-order valence-electron chi connectivity index (χ1n) is 35.8. The van der Waals surface area contributed by atoms with Crippen LogP contribution in [0, 0.1) is 16.7 Å². The number of aliphatic hydroxyl groups is 3. The number of aromatic nitrogens is 8. The van der Waals surface area contributed by atoms with E-state index in [2.05, 4.69) is 61.3 Å². The first kappa shape index (κ1) is 91.1. The average Bonchev–Trinajstić information content (AvgIpc) is 1.61. The van der Waals surface area contributed by atoms with Crippen molar-refractivity contribution in [3.8, 4) is 23.3 Å². The second kappa shape index (κ2) is 40.3. The maximum Gasteiger partial charge on any atom is 0.459 e. The van der Waals surface area contributed by atoms with Crippen LogP contribution in [0.2, 0.25) is 0 Å². The third-order valence-electron chi connectivity index (χ3n) is 18.0. The van der Waals surface area contributed by atoms with Crippen molar-refractivity contribution in [2.24, 2.45) is 22.5 Å². The molecule has 30 nitrogen and oxygen atoms in total. The summed E-state index contributed by atoms with van der Waals surface area (Å²) in [5.41, 5.74) is 15.4. The van der Waals surface area contributed by atoms with E-state index in [1.165, 1.54) is 31.1 Å². The van der Waals surface area contributed by atoms with Crippen molar-refractivity contribution >= 4 is 122 Å². The number of halogens is 3. The molecule has 0 saturated carbocycles. The van der Waals surface area contributed by atoms with E-state index in [-0.39, 0.29) is 95.5 Å². The lowest BCUT2D eigenvalue weighted by Gasteiger charge is -2.33. The third-order valence-corrected chi connectivity index (χ3v) is 20.4. The fourth-order valence-electron chi connectivity index (χ4n) is 11.8. The molecule has 35 heteroatoms. The van der Waals surface area contributed by atoms with Crippen LogP contribution in [0.3, 0.4) is 0 Å². The number of nitrogen functional groups attached to an aromatic ring is 2. The molecule has 2 aliphatic heterocycles. The lowest BCUT2D eigenvalue weighted by Crippen LogP contribution is -2.44. The van der Waals surface area contributed by atoms with Crippen LogP contribution >= 0.6 is 48.7 Å². The van der Waals surface area contributed by atoms with Gasteiger partial charge in [-0.05, 0) is 88.4 Å². The van der Waals surface area contributed by atoms with E-state index >= 15 is 0 Å². The van der Waals surface area contributed by atoms with Crippen LogP contribution in [0.25, 0.3) is 43.9 Å². The number of hydrogen-bond donors (Lipinski definition) is 7. The van der Waals surface area contributed by atoms with Gasteiger partial charge in [-0.2, -0.15) is 25.0 Å². The molecule has 2 fully saturated rings. The van der Waals surface area contributed by atoms with Gasteiger partial charge >= 0.3 is 31.7 Å². The average molecular weight is 1660 g/mol. The first-order valence-corrected chi connectivity index (χ1v) is 40.7. The number of hydrogen-bond acceptors (Lipinski definition) is 27. The zero-order valence-corrected chi connectivity index (χ0v) is 68.4. The smallest absolute Gasteiger partial charge is 0.459 e. The Kier molecular flexibility index (Phi) is 32.5. The van der Waals surface area contributed by atoms with Crippen molar-refractivity contribution in [1.29, 1.82) is 0 Å². The maximum absolute atomic E-state index is 14.5. The normalized spacial score (nSPS) is 20.4. The Balaban J connectivity index is 0.000000241. The molecule has 113 heavy (non-hydrogen) atoms. The summed E-state index contributed by atoms with van der Waals surface area (Å²) in [6.45, 7) is 31.1. The number of carbonyl (C=O) groups is 3. The van der Waals surface area contributed by atoms with Gasteiger partial charge in [-0.3, -0.25) is 23.2 Å². The van der Waals surface area contributed by atoms with Gasteiger partial charge in [0.1, 0.15) is 41.4 Å². The number of ether oxygens (including phenoxy) is 7. The van der Waals surface area contributed by atoms with E-state index in [0.29, 0.717) is 60.3 Å². The van der Waals surface area contributed by atoms with E-state index in [0.717, 1.165) is 22.6 Å². The molecule has 9 aromatic rings. The van der Waals surface area contributed by atoms with Gasteiger partial charge in [0.25, 0.3) is 0 Å². The molecule has 10 N–H and O–H groups in total. The minimum Gasteiger partial charge on any atom is -0.476 e. The number of benzene rings is 5. The van der Waals surface area contributed by atoms with E-state index < -0.39 is 86.4 Å². The van der Waals surface area contributed by atoms with Crippen LogP contribution in [0.4, 0.5) is 11.9 Å². The van der Waals surface area contributed by atoms with Gasteiger partial charge in [0.15, 0.2) is 40.4 Å². The number of aliphatic hydroxyl groups excluding tert-OH is 2. The summed E-state index contributed by atoms with van der Waals surface area (Å²) < 4.78 is 85.8. The second-order valence-corrected chi connectivity index (χ2v) is 34.3. The maximum atomic E-state index is 14.5. The van der Waals surface area contributed by atoms with Crippen molar-refractivity contribution in [1.82, 2.24) is 44.1 Å². The third kappa shape index (κ3) is 24.0. The topological polar surface area (TPSA) is 416 Å². The molecular formula is C78H99Cl3N12O18P2. The lowest BCUT2D eigenvalue weighted by atomic mass is 9.87. The summed E-state index contributed by atoms with van der Waals surface area (Å²) in [7, 11) is -4.42. The highest BCUT2D eigenvalue weighted by Gasteiger charge is 2.57. The second-order valence-electron chi connectivity index (χ2n) is 28.4. The van der Waals surface area contributed by atoms with Gasteiger partial charge in [-0.1, -0.05) is 150 Å². The number of esters is 3. The summed E-state index contributed by atoms with van der Waals surface area (Å²) >= 11 is 10.7. The van der Waals surface area contributed by atoms with Gasteiger partial charge < -0.3 is 74.7 Å². The highest BCUT2D eigenvalue weighted by Crippen LogP contribution is 2.58. The number of fused-ring (bicyclic) bond motifs is 4. The number of carbonyl (C=O) groups excluding carboxylic acids is 3.